The van der Waals surface area contributed by atoms with Crippen LogP contribution in [0.5, 0.6) is 0 Å². The van der Waals surface area contributed by atoms with Gasteiger partial charge in [-0.3, -0.25) is 0 Å². The SMILES string of the molecule is Fc1ccc(-c2cccc3c2N2CCNCCC2C3)c(Cl)c1. The van der Waals surface area contributed by atoms with E-state index in [1.54, 1.807) is 6.07 Å². The lowest BCUT2D eigenvalue weighted by molar-refractivity contribution is 0.612. The molecule has 1 unspecified atom stereocenters. The van der Waals surface area contributed by atoms with Crippen molar-refractivity contribution in [2.24, 2.45) is 0 Å². The van der Waals surface area contributed by atoms with Crippen molar-refractivity contribution in [2.75, 3.05) is 24.5 Å². The Hall–Kier alpha value is -1.58. The van der Waals surface area contributed by atoms with Crippen LogP contribution in [0.3, 0.4) is 0 Å². The number of anilines is 1. The molecule has 0 aliphatic carbocycles. The predicted octanol–water partition coefficient (Wildman–Crippen LogP) is 3.87. The molecule has 0 spiro atoms. The second kappa shape index (κ2) is 5.56. The normalized spacial score (nSPS) is 20.5. The van der Waals surface area contributed by atoms with Crippen molar-refractivity contribution >= 4 is 17.3 Å². The van der Waals surface area contributed by atoms with E-state index in [9.17, 15) is 4.39 Å². The molecule has 0 aromatic heterocycles. The van der Waals surface area contributed by atoms with E-state index in [0.717, 1.165) is 43.6 Å². The van der Waals surface area contributed by atoms with Crippen molar-refractivity contribution in [3.8, 4) is 11.1 Å². The maximum atomic E-state index is 13.4. The van der Waals surface area contributed by atoms with Crippen molar-refractivity contribution in [3.05, 3.63) is 52.8 Å². The number of para-hydroxylation sites is 1. The first kappa shape index (κ1) is 14.0. The number of benzene rings is 2. The van der Waals surface area contributed by atoms with Gasteiger partial charge in [0.25, 0.3) is 0 Å². The third kappa shape index (κ3) is 2.29. The molecule has 1 saturated heterocycles. The summed E-state index contributed by atoms with van der Waals surface area (Å²) in [7, 11) is 0. The molecule has 0 saturated carbocycles. The summed E-state index contributed by atoms with van der Waals surface area (Å²) in [4.78, 5) is 2.50. The summed E-state index contributed by atoms with van der Waals surface area (Å²) < 4.78 is 13.4. The summed E-state index contributed by atoms with van der Waals surface area (Å²) >= 11 is 6.30. The highest BCUT2D eigenvalue weighted by molar-refractivity contribution is 6.33. The molecule has 1 atom stereocenters. The van der Waals surface area contributed by atoms with Crippen LogP contribution in [-0.4, -0.2) is 25.7 Å². The second-order valence-corrected chi connectivity index (χ2v) is 6.43. The quantitative estimate of drug-likeness (QED) is 0.859. The summed E-state index contributed by atoms with van der Waals surface area (Å²) in [6, 6.07) is 11.6. The van der Waals surface area contributed by atoms with Gasteiger partial charge in [-0.25, -0.2) is 4.39 Å². The maximum Gasteiger partial charge on any atom is 0.124 e. The van der Waals surface area contributed by atoms with E-state index in [0.29, 0.717) is 11.1 Å². The summed E-state index contributed by atoms with van der Waals surface area (Å²) in [5, 5.41) is 3.94. The first-order chi connectivity index (χ1) is 10.7. The van der Waals surface area contributed by atoms with Crippen molar-refractivity contribution in [1.29, 1.82) is 0 Å². The van der Waals surface area contributed by atoms with Crippen LogP contribution in [0.25, 0.3) is 11.1 Å². The molecule has 4 rings (SSSR count). The number of halogens is 2. The Morgan fingerprint density at radius 3 is 2.91 bits per heavy atom. The van der Waals surface area contributed by atoms with Crippen molar-refractivity contribution < 1.29 is 4.39 Å². The van der Waals surface area contributed by atoms with Crippen LogP contribution in [-0.2, 0) is 6.42 Å². The van der Waals surface area contributed by atoms with Gasteiger partial charge in [0.1, 0.15) is 5.82 Å². The van der Waals surface area contributed by atoms with E-state index in [4.69, 9.17) is 11.6 Å². The largest absolute Gasteiger partial charge is 0.366 e. The van der Waals surface area contributed by atoms with Gasteiger partial charge in [0, 0.05) is 35.9 Å². The van der Waals surface area contributed by atoms with Crippen LogP contribution in [0.2, 0.25) is 5.02 Å². The van der Waals surface area contributed by atoms with E-state index in [1.165, 1.54) is 23.4 Å². The molecule has 22 heavy (non-hydrogen) atoms. The van der Waals surface area contributed by atoms with E-state index in [1.807, 2.05) is 0 Å². The Labute approximate surface area is 134 Å². The predicted molar refractivity (Wildman–Crippen MR) is 89.2 cm³/mol. The molecule has 2 aromatic rings. The fourth-order valence-electron chi connectivity index (χ4n) is 3.71. The number of rotatable bonds is 1. The zero-order valence-electron chi connectivity index (χ0n) is 12.3. The van der Waals surface area contributed by atoms with Crippen LogP contribution >= 0.6 is 11.6 Å². The summed E-state index contributed by atoms with van der Waals surface area (Å²) in [5.74, 6) is -0.293. The van der Waals surface area contributed by atoms with E-state index < -0.39 is 0 Å². The molecule has 1 N–H and O–H groups in total. The lowest BCUT2D eigenvalue weighted by atomic mass is 9.99. The number of nitrogens with one attached hydrogen (secondary N) is 1. The lowest BCUT2D eigenvalue weighted by Crippen LogP contribution is -2.33. The molecule has 2 nitrogen and oxygen atoms in total. The molecule has 0 radical (unpaired) electrons. The molecule has 2 aliphatic heterocycles. The van der Waals surface area contributed by atoms with E-state index in [2.05, 4.69) is 28.4 Å². The van der Waals surface area contributed by atoms with E-state index in [-0.39, 0.29) is 5.82 Å². The zero-order chi connectivity index (χ0) is 15.1. The van der Waals surface area contributed by atoms with Crippen molar-refractivity contribution in [2.45, 2.75) is 18.9 Å². The van der Waals surface area contributed by atoms with Gasteiger partial charge in [-0.15, -0.1) is 0 Å². The molecule has 2 aliphatic rings. The molecular weight excluding hydrogens is 299 g/mol. The van der Waals surface area contributed by atoms with Gasteiger partial charge in [0.15, 0.2) is 0 Å². The van der Waals surface area contributed by atoms with Gasteiger partial charge in [-0.05, 0) is 43.1 Å². The van der Waals surface area contributed by atoms with E-state index >= 15 is 0 Å². The van der Waals surface area contributed by atoms with Crippen molar-refractivity contribution in [1.82, 2.24) is 5.32 Å². The van der Waals surface area contributed by atoms with Gasteiger partial charge < -0.3 is 10.2 Å². The third-order valence-corrected chi connectivity index (χ3v) is 5.02. The van der Waals surface area contributed by atoms with Gasteiger partial charge in [0.05, 0.1) is 5.02 Å². The smallest absolute Gasteiger partial charge is 0.124 e. The fourth-order valence-corrected chi connectivity index (χ4v) is 3.98. The first-order valence-electron chi connectivity index (χ1n) is 7.79. The molecule has 2 heterocycles. The minimum absolute atomic E-state index is 0.293. The highest BCUT2D eigenvalue weighted by atomic mass is 35.5. The van der Waals surface area contributed by atoms with Crippen LogP contribution in [0.1, 0.15) is 12.0 Å². The second-order valence-electron chi connectivity index (χ2n) is 6.03. The van der Waals surface area contributed by atoms with Crippen LogP contribution in [0.15, 0.2) is 36.4 Å². The fraction of sp³-hybridized carbons (Fsp3) is 0.333. The maximum absolute atomic E-state index is 13.4. The van der Waals surface area contributed by atoms with Crippen molar-refractivity contribution in [3.63, 3.8) is 0 Å². The van der Waals surface area contributed by atoms with Gasteiger partial charge >= 0.3 is 0 Å². The topological polar surface area (TPSA) is 15.3 Å². The molecule has 0 amide bonds. The molecule has 1 fully saturated rings. The Morgan fingerprint density at radius 2 is 2.05 bits per heavy atom. The number of fused-ring (bicyclic) bond motifs is 3. The van der Waals surface area contributed by atoms with Gasteiger partial charge in [-0.1, -0.05) is 29.8 Å². The zero-order valence-corrected chi connectivity index (χ0v) is 13.0. The molecule has 4 heteroatoms. The average molecular weight is 317 g/mol. The Morgan fingerprint density at radius 1 is 1.14 bits per heavy atom. The highest BCUT2D eigenvalue weighted by Crippen LogP contribution is 2.43. The molecule has 114 valence electrons. The number of nitrogens with zero attached hydrogens (tertiary/aromatic N) is 1. The summed E-state index contributed by atoms with van der Waals surface area (Å²) in [6.07, 6.45) is 2.24. The molecule has 0 bridgehead atoms. The Balaban J connectivity index is 1.84. The highest BCUT2D eigenvalue weighted by Gasteiger charge is 2.32. The third-order valence-electron chi connectivity index (χ3n) is 4.71. The standard InChI is InChI=1S/C18H18ClFN2/c19-17-11-13(20)4-5-15(17)16-3-1-2-12-10-14-6-7-21-8-9-22(14)18(12)16/h1-5,11,14,21H,6-10H2. The van der Waals surface area contributed by atoms with Crippen LogP contribution < -0.4 is 10.2 Å². The summed E-state index contributed by atoms with van der Waals surface area (Å²) in [6.45, 7) is 3.08. The number of hydrogen-bond donors (Lipinski definition) is 1. The Kier molecular flexibility index (Phi) is 3.55. The molecular formula is C18H18ClFN2. The van der Waals surface area contributed by atoms with Crippen LogP contribution in [0, 0.1) is 5.82 Å². The average Bonchev–Trinajstić information content (AvgIpc) is 2.70. The lowest BCUT2D eigenvalue weighted by Gasteiger charge is -2.26. The minimum atomic E-state index is -0.293. The van der Waals surface area contributed by atoms with Crippen LogP contribution in [0.4, 0.5) is 10.1 Å². The minimum Gasteiger partial charge on any atom is -0.366 e. The van der Waals surface area contributed by atoms with Gasteiger partial charge in [-0.2, -0.15) is 0 Å². The monoisotopic (exact) mass is 316 g/mol. The Bertz CT molecular complexity index is 716. The van der Waals surface area contributed by atoms with Gasteiger partial charge in [0.2, 0.25) is 0 Å². The number of hydrogen-bond acceptors (Lipinski definition) is 2. The first-order valence-corrected chi connectivity index (χ1v) is 8.16. The summed E-state index contributed by atoms with van der Waals surface area (Å²) in [5.41, 5.74) is 4.69. The molecule has 2 aromatic carbocycles.